The van der Waals surface area contributed by atoms with Crippen LogP contribution < -0.4 is 4.74 Å². The lowest BCUT2D eigenvalue weighted by atomic mass is 10.2. The molecule has 0 aliphatic carbocycles. The summed E-state index contributed by atoms with van der Waals surface area (Å²) in [6.07, 6.45) is 3.75. The second-order valence-electron chi connectivity index (χ2n) is 1.91. The smallest absolute Gasteiger partial charge is 0.216 e. The van der Waals surface area contributed by atoms with E-state index in [2.05, 4.69) is 4.98 Å². The standard InChI is InChI=1S/C7H6NO/c1-2-6-3-5-9-7(6)8-4-1/h1-4H,5H2. The maximum atomic E-state index is 5.13. The van der Waals surface area contributed by atoms with E-state index in [0.717, 1.165) is 11.4 Å². The van der Waals surface area contributed by atoms with Gasteiger partial charge < -0.3 is 4.74 Å². The molecule has 0 atom stereocenters. The van der Waals surface area contributed by atoms with E-state index in [1.165, 1.54) is 0 Å². The fourth-order valence-electron chi connectivity index (χ4n) is 0.890. The first kappa shape index (κ1) is 4.79. The van der Waals surface area contributed by atoms with Crippen LogP contribution >= 0.6 is 0 Å². The summed E-state index contributed by atoms with van der Waals surface area (Å²) in [5.41, 5.74) is 1.11. The Balaban J connectivity index is 2.54. The monoisotopic (exact) mass is 120 g/mol. The summed E-state index contributed by atoms with van der Waals surface area (Å²) >= 11 is 0. The van der Waals surface area contributed by atoms with Gasteiger partial charge in [0.2, 0.25) is 5.88 Å². The molecule has 0 fully saturated rings. The van der Waals surface area contributed by atoms with Gasteiger partial charge in [-0.1, -0.05) is 6.07 Å². The van der Waals surface area contributed by atoms with Gasteiger partial charge in [-0.2, -0.15) is 0 Å². The van der Waals surface area contributed by atoms with Crippen LogP contribution in [0.3, 0.4) is 0 Å². The molecule has 0 saturated carbocycles. The highest BCUT2D eigenvalue weighted by Gasteiger charge is 2.10. The third-order valence-corrected chi connectivity index (χ3v) is 1.32. The molecule has 1 aliphatic rings. The average Bonchev–Trinajstić information content (AvgIpc) is 2.33. The van der Waals surface area contributed by atoms with Crippen molar-refractivity contribution in [3.05, 3.63) is 30.3 Å². The maximum Gasteiger partial charge on any atom is 0.216 e. The zero-order valence-corrected chi connectivity index (χ0v) is 4.87. The van der Waals surface area contributed by atoms with Crippen LogP contribution in [0.2, 0.25) is 0 Å². The predicted octanol–water partition coefficient (Wildman–Crippen LogP) is 1.03. The van der Waals surface area contributed by atoms with Crippen molar-refractivity contribution in [2.45, 2.75) is 0 Å². The van der Waals surface area contributed by atoms with Crippen LogP contribution in [0, 0.1) is 6.42 Å². The molecule has 1 aromatic rings. The molecule has 0 unspecified atom stereocenters. The van der Waals surface area contributed by atoms with Crippen molar-refractivity contribution in [2.75, 3.05) is 6.61 Å². The lowest BCUT2D eigenvalue weighted by Crippen LogP contribution is -1.86. The molecular formula is C7H6NO. The summed E-state index contributed by atoms with van der Waals surface area (Å²) in [4.78, 5) is 4.01. The number of pyridine rings is 1. The molecular weight excluding hydrogens is 114 g/mol. The number of fused-ring (bicyclic) bond motifs is 1. The van der Waals surface area contributed by atoms with Gasteiger partial charge in [0, 0.05) is 18.2 Å². The molecule has 0 N–H and O–H groups in total. The summed E-state index contributed by atoms with van der Waals surface area (Å²) in [5, 5.41) is 0. The van der Waals surface area contributed by atoms with Crippen LogP contribution in [0.4, 0.5) is 0 Å². The normalized spacial score (nSPS) is 14.7. The summed E-state index contributed by atoms with van der Waals surface area (Å²) < 4.78 is 5.13. The van der Waals surface area contributed by atoms with Gasteiger partial charge in [0.1, 0.15) is 0 Å². The molecule has 1 aliphatic heterocycles. The molecule has 2 heteroatoms. The highest BCUT2D eigenvalue weighted by atomic mass is 16.5. The van der Waals surface area contributed by atoms with Crippen LogP contribution in [-0.2, 0) is 0 Å². The van der Waals surface area contributed by atoms with Gasteiger partial charge in [0.05, 0.1) is 6.61 Å². The molecule has 1 radical (unpaired) electrons. The third kappa shape index (κ3) is 0.669. The van der Waals surface area contributed by atoms with Gasteiger partial charge in [-0.3, -0.25) is 0 Å². The first-order chi connectivity index (χ1) is 4.47. The van der Waals surface area contributed by atoms with Crippen molar-refractivity contribution in [3.63, 3.8) is 0 Å². The molecule has 0 amide bonds. The molecule has 1 aromatic heterocycles. The van der Waals surface area contributed by atoms with E-state index in [4.69, 9.17) is 4.74 Å². The van der Waals surface area contributed by atoms with Crippen molar-refractivity contribution in [1.29, 1.82) is 0 Å². The van der Waals surface area contributed by atoms with Crippen molar-refractivity contribution in [2.24, 2.45) is 0 Å². The Bertz CT molecular complexity index is 199. The number of hydrogen-bond acceptors (Lipinski definition) is 2. The lowest BCUT2D eigenvalue weighted by Gasteiger charge is -1.92. The SMILES string of the molecule is [CH]1COc2ncccc21. The van der Waals surface area contributed by atoms with E-state index in [1.807, 2.05) is 18.6 Å². The molecule has 2 rings (SSSR count). The van der Waals surface area contributed by atoms with Crippen molar-refractivity contribution >= 4 is 0 Å². The Morgan fingerprint density at radius 2 is 2.56 bits per heavy atom. The van der Waals surface area contributed by atoms with Crippen molar-refractivity contribution < 1.29 is 4.74 Å². The van der Waals surface area contributed by atoms with E-state index in [0.29, 0.717) is 6.61 Å². The highest BCUT2D eigenvalue weighted by Crippen LogP contribution is 2.21. The number of aromatic nitrogens is 1. The van der Waals surface area contributed by atoms with E-state index in [9.17, 15) is 0 Å². The van der Waals surface area contributed by atoms with Gasteiger partial charge in [0.25, 0.3) is 0 Å². The largest absolute Gasteiger partial charge is 0.477 e. The van der Waals surface area contributed by atoms with Crippen molar-refractivity contribution in [1.82, 2.24) is 4.98 Å². The van der Waals surface area contributed by atoms with Crippen molar-refractivity contribution in [3.8, 4) is 5.88 Å². The van der Waals surface area contributed by atoms with Gasteiger partial charge >= 0.3 is 0 Å². The Morgan fingerprint density at radius 3 is 3.44 bits per heavy atom. The number of rotatable bonds is 0. The van der Waals surface area contributed by atoms with E-state index in [-0.39, 0.29) is 0 Å². The number of hydrogen-bond donors (Lipinski definition) is 0. The minimum absolute atomic E-state index is 0.673. The molecule has 2 heterocycles. The average molecular weight is 120 g/mol. The zero-order valence-electron chi connectivity index (χ0n) is 4.87. The highest BCUT2D eigenvalue weighted by molar-refractivity contribution is 5.35. The van der Waals surface area contributed by atoms with E-state index in [1.54, 1.807) is 6.20 Å². The molecule has 0 spiro atoms. The summed E-state index contributed by atoms with van der Waals surface area (Å²) in [5.74, 6) is 0.762. The summed E-state index contributed by atoms with van der Waals surface area (Å²) in [7, 11) is 0. The van der Waals surface area contributed by atoms with Crippen LogP contribution in [0.15, 0.2) is 18.3 Å². The lowest BCUT2D eigenvalue weighted by molar-refractivity contribution is 0.363. The zero-order chi connectivity index (χ0) is 6.10. The van der Waals surface area contributed by atoms with Crippen LogP contribution in [0.5, 0.6) is 5.88 Å². The number of nitrogens with zero attached hydrogens (tertiary/aromatic N) is 1. The van der Waals surface area contributed by atoms with Gasteiger partial charge in [-0.25, -0.2) is 4.98 Å². The Labute approximate surface area is 53.5 Å². The first-order valence-electron chi connectivity index (χ1n) is 2.88. The fraction of sp³-hybridized carbons (Fsp3) is 0.143. The van der Waals surface area contributed by atoms with E-state index >= 15 is 0 Å². The third-order valence-electron chi connectivity index (χ3n) is 1.32. The van der Waals surface area contributed by atoms with Crippen LogP contribution in [0.25, 0.3) is 0 Å². The molecule has 2 nitrogen and oxygen atoms in total. The molecule has 45 valence electrons. The second-order valence-corrected chi connectivity index (χ2v) is 1.91. The number of ether oxygens (including phenoxy) is 1. The summed E-state index contributed by atoms with van der Waals surface area (Å²) in [6.45, 7) is 0.673. The topological polar surface area (TPSA) is 22.1 Å². The fourth-order valence-corrected chi connectivity index (χ4v) is 0.890. The van der Waals surface area contributed by atoms with Gasteiger partial charge in [0.15, 0.2) is 0 Å². The molecule has 0 saturated heterocycles. The van der Waals surface area contributed by atoms with Gasteiger partial charge in [-0.05, 0) is 6.07 Å². The molecule has 0 aromatic carbocycles. The molecule has 0 bridgehead atoms. The Morgan fingerprint density at radius 1 is 1.56 bits per heavy atom. The maximum absolute atomic E-state index is 5.13. The summed E-state index contributed by atoms with van der Waals surface area (Å²) in [6, 6.07) is 3.90. The Hall–Kier alpha value is -1.05. The van der Waals surface area contributed by atoms with Gasteiger partial charge in [-0.15, -0.1) is 0 Å². The van der Waals surface area contributed by atoms with Crippen LogP contribution in [0.1, 0.15) is 5.56 Å². The minimum Gasteiger partial charge on any atom is -0.477 e. The second kappa shape index (κ2) is 1.72. The predicted molar refractivity (Wildman–Crippen MR) is 33.1 cm³/mol. The molecule has 9 heavy (non-hydrogen) atoms. The van der Waals surface area contributed by atoms with E-state index < -0.39 is 0 Å². The first-order valence-corrected chi connectivity index (χ1v) is 2.88. The Kier molecular flexibility index (Phi) is 0.918. The quantitative estimate of drug-likeness (QED) is 0.510. The van der Waals surface area contributed by atoms with Crippen LogP contribution in [-0.4, -0.2) is 11.6 Å². The minimum atomic E-state index is 0.673.